The third kappa shape index (κ3) is 49.8. The van der Waals surface area contributed by atoms with E-state index in [-0.39, 0.29) is 390 Å². The van der Waals surface area contributed by atoms with Crippen LogP contribution in [0.3, 0.4) is 0 Å². The maximum atomic E-state index is 14.7. The summed E-state index contributed by atoms with van der Waals surface area (Å²) in [7, 11) is 0. The van der Waals surface area contributed by atoms with E-state index in [0.29, 0.717) is 31.2 Å². The van der Waals surface area contributed by atoms with Crippen molar-refractivity contribution in [3.05, 3.63) is 58.8 Å². The van der Waals surface area contributed by atoms with E-state index in [2.05, 4.69) is 69.1 Å². The predicted octanol–water partition coefficient (Wildman–Crippen LogP) is 5.26. The van der Waals surface area contributed by atoms with E-state index in [1.165, 1.54) is 25.1 Å². The van der Waals surface area contributed by atoms with Crippen molar-refractivity contribution >= 4 is 76.8 Å². The molecule has 1 aromatic rings. The van der Waals surface area contributed by atoms with Gasteiger partial charge in [0.1, 0.15) is 84.0 Å². The Morgan fingerprint density at radius 2 is 0.669 bits per heavy atom. The first-order valence-electron chi connectivity index (χ1n) is 40.2. The molecule has 656 valence electrons. The molecule has 6 unspecified atom stereocenters. The molecule has 0 bridgehead atoms. The fraction of sp³-hybridized carbons (Fsp3) is 0.738. The Morgan fingerprint density at radius 1 is 0.364 bits per heavy atom. The van der Waals surface area contributed by atoms with Gasteiger partial charge in [0.2, 0.25) is 65.0 Å². The number of phenolic OH excluding ortho intramolecular Hbond substituents is 1. The number of carbonyl (C=O) groups is 13. The molecule has 0 fully saturated rings. The molecule has 13 amide bonds. The number of hydrogen-bond donors (Lipinski definition) is 16. The topological polar surface area (TPSA) is 510 Å². The average Bonchev–Trinajstić information content (AvgIpc) is 0.844. The maximum Gasteiger partial charge on any atom is 0.268 e. The maximum absolute atomic E-state index is 14.7. The van der Waals surface area contributed by atoms with Gasteiger partial charge in [-0.15, -0.1) is 0 Å². The van der Waals surface area contributed by atoms with Gasteiger partial charge in [-0.3, -0.25) is 62.3 Å². The molecule has 0 aliphatic heterocycles. The normalized spacial score (nSPS) is 15.0. The van der Waals surface area contributed by atoms with E-state index in [1.807, 2.05) is 41.5 Å². The second kappa shape index (κ2) is 70.2. The molecule has 32 nitrogen and oxygen atoms in total. The summed E-state index contributed by atoms with van der Waals surface area (Å²) in [6.07, 6.45) is 2.24. The minimum atomic E-state index is -1.41. The van der Waals surface area contributed by atoms with E-state index >= 15 is 0 Å². The van der Waals surface area contributed by atoms with Gasteiger partial charge in [0, 0.05) is 271 Å². The van der Waals surface area contributed by atoms with E-state index in [1.54, 1.807) is 95.2 Å². The molecule has 6 radical (unpaired) electrons. The number of carbonyl (C=O) groups excluding carboxylic acids is 13. The summed E-state index contributed by atoms with van der Waals surface area (Å²) in [6.45, 7) is 32.5. The van der Waals surface area contributed by atoms with Crippen molar-refractivity contribution in [1.29, 1.82) is 0 Å². The number of amides is 13. The van der Waals surface area contributed by atoms with E-state index in [9.17, 15) is 77.6 Å². The van der Waals surface area contributed by atoms with Crippen molar-refractivity contribution in [2.24, 2.45) is 53.3 Å². The number of hydrogen-bond acceptors (Lipinski definition) is 16. The van der Waals surface area contributed by atoms with Crippen molar-refractivity contribution in [1.82, 2.24) is 69.1 Å². The first-order chi connectivity index (χ1) is 52.6. The molecule has 0 aliphatic rings. The Balaban J connectivity index is -0.00000523. The Kier molecular flexibility index (Phi) is 76.9. The smallest absolute Gasteiger partial charge is 0.268 e. The van der Waals surface area contributed by atoms with E-state index in [4.69, 9.17) is 17.2 Å². The van der Waals surface area contributed by atoms with Crippen molar-refractivity contribution in [3.8, 4) is 5.75 Å². The van der Waals surface area contributed by atoms with Crippen LogP contribution in [0.4, 0.5) is 0 Å². The molecule has 0 saturated carbocycles. The van der Waals surface area contributed by atoms with E-state index in [0.717, 1.165) is 0 Å². The largest absolute Gasteiger partial charge is 0.677 e. The molecule has 118 heavy (non-hydrogen) atoms. The van der Waals surface area contributed by atoms with Gasteiger partial charge in [0.05, 0.1) is 12.6 Å². The van der Waals surface area contributed by atoms with Crippen LogP contribution in [0.2, 0.25) is 0 Å². The summed E-state index contributed by atoms with van der Waals surface area (Å²) in [5.41, 5.74) is 23.9. The molecular weight excluding hydrogens is 2800 g/mol. The fourth-order valence-electron chi connectivity index (χ4n) is 12.0. The van der Waals surface area contributed by atoms with Gasteiger partial charge in [-0.05, 0) is 116 Å². The molecule has 1 aromatic carbocycles. The summed E-state index contributed by atoms with van der Waals surface area (Å²) in [4.78, 5) is 185. The van der Waals surface area contributed by atoms with Crippen LogP contribution in [0.5, 0.6) is 5.75 Å². The molecular formula is C80H139Ac6N16O16-3. The second-order valence-electron chi connectivity index (χ2n) is 32.2. The zero-order valence-electron chi connectivity index (χ0n) is 73.4. The van der Waals surface area contributed by atoms with Gasteiger partial charge in [0.25, 0.3) is 11.8 Å². The quantitative estimate of drug-likeness (QED) is 0.0292. The van der Waals surface area contributed by atoms with Gasteiger partial charge in [-0.1, -0.05) is 188 Å². The van der Waals surface area contributed by atoms with Crippen LogP contribution in [-0.2, 0) is 68.7 Å². The summed E-state index contributed by atoms with van der Waals surface area (Å²) < 4.78 is 0. The number of unbranched alkanes of at least 4 members (excludes halogenated alkanes) is 2. The Hall–Kier alpha value is 0.319. The third-order valence-electron chi connectivity index (χ3n) is 19.5. The zero-order valence-corrected chi connectivity index (χ0v) is 102. The molecule has 0 saturated heterocycles. The Morgan fingerprint density at radius 3 is 1.03 bits per heavy atom. The van der Waals surface area contributed by atoms with Crippen molar-refractivity contribution in [2.75, 3.05) is 26.2 Å². The van der Waals surface area contributed by atoms with Crippen molar-refractivity contribution in [3.63, 3.8) is 0 Å². The molecule has 0 heterocycles. The average molecular weight is 2940 g/mol. The molecule has 0 spiro atoms. The first kappa shape index (κ1) is 129. The SMILES string of the molecule is CC=C(NC(=O)C(O)[C@H](C)CC)C(=O)N[C@@H](CC(C)C)C(=O)N[C@H](CCC[NH-])C(=O)NC(C(=O)N[C@H](C(=O)N[C@H](C(=O)NC(CCCC[NH-])C(=O)N[C@H](C(=O)NC(CC(C)C)C(=O)NC(CCCC[NH-])C(=O)N[C@H](Cc1ccc(O)cc1)C(=O)NC(CC(C)C)C(=O)N[C@H](CO)C(C)C)C(C)C)C(C)C)C(C)C)[C@@H](C)CC.[Ac].[Ac].[Ac].[Ac].[Ac].[Ac]. The van der Waals surface area contributed by atoms with Gasteiger partial charge in [0.15, 0.2) is 0 Å². The summed E-state index contributed by atoms with van der Waals surface area (Å²) in [5.74, 6) is -13.6. The van der Waals surface area contributed by atoms with Crippen LogP contribution in [0.15, 0.2) is 36.0 Å². The Labute approximate surface area is 917 Å². The van der Waals surface area contributed by atoms with Gasteiger partial charge in [-0.2, -0.15) is 19.6 Å². The standard InChI is InChI=1S/C80H139N16O16.6Ac/c1-20-50(18)66(96-71(103)57(30-27-37-83)86-72(104)58(38-43(4)5)88-68(100)54(22-3)84-80(112)67(99)51(19)21-2)79(111)95-65(49(16)17)78(110)94-64(48(14)15)76(108)87-56(29-24-26-36-82)70(102)93-63(47(12)13)77(109)91-60(40-45(8)9)73(105)85-55(28-23-25-35-81)69(101)90-61(41-52-31-33-53(98)34-32-52)75(107)89-59(39-44(6)7)74(106)92-62(42-97)46(10)11;;;;;;/h22,31-34,43-51,55-67,81-83,97-99H,20-21,23-30,35-42H2,1-19H3,(H,84,112)(H,85,105)(H,86,104)(H,87,108)(H,88,100)(H,89,107)(H,90,101)(H,91,109)(H,92,106)(H,93,102)(H,94,110)(H,95,111)(H,96,103);;;;;;/q-3;;;;;;/t50-,51+,55?,56?,57+,58-,59?,60?,61+,62+,63-,64-,65-,66?,67?;;;;;;/m0....../s1. The molecule has 15 atom stereocenters. The molecule has 0 aliphatic carbocycles. The minimum Gasteiger partial charge on any atom is -0.677 e. The third-order valence-corrected chi connectivity index (χ3v) is 19.5. The fourth-order valence-corrected chi connectivity index (χ4v) is 12.0. The van der Waals surface area contributed by atoms with Gasteiger partial charge >= 0.3 is 0 Å². The zero-order chi connectivity index (χ0) is 85.4. The van der Waals surface area contributed by atoms with Crippen molar-refractivity contribution < 1.29 is 342 Å². The number of aliphatic hydroxyl groups is 2. The number of nitrogens with one attached hydrogen (secondary N) is 16. The Bertz CT molecular complexity index is 3200. The van der Waals surface area contributed by atoms with Crippen LogP contribution in [0, 0.1) is 318 Å². The van der Waals surface area contributed by atoms with Gasteiger partial charge in [-0.25, -0.2) is 0 Å². The van der Waals surface area contributed by atoms with Gasteiger partial charge < -0.3 is 102 Å². The number of benzene rings is 1. The number of phenols is 1. The number of aliphatic hydroxyl groups excluding tert-OH is 2. The molecule has 0 aromatic heterocycles. The summed E-state index contributed by atoms with van der Waals surface area (Å²) in [5, 5.41) is 66.1. The van der Waals surface area contributed by atoms with Crippen LogP contribution in [-0.4, -0.2) is 197 Å². The summed E-state index contributed by atoms with van der Waals surface area (Å²) in [6, 6.07) is -8.95. The monoisotopic (exact) mass is 2940 g/mol. The second-order valence-corrected chi connectivity index (χ2v) is 32.2. The summed E-state index contributed by atoms with van der Waals surface area (Å²) >= 11 is 0. The minimum absolute atomic E-state index is 0. The first-order valence-corrected chi connectivity index (χ1v) is 40.2. The van der Waals surface area contributed by atoms with Crippen molar-refractivity contribution in [2.45, 2.75) is 300 Å². The van der Waals surface area contributed by atoms with E-state index < -0.39 is 185 Å². The number of rotatable bonds is 54. The van der Waals surface area contributed by atoms with Crippen LogP contribution in [0.25, 0.3) is 17.2 Å². The number of allylic oxidation sites excluding steroid dienone is 1. The van der Waals surface area contributed by atoms with Crippen LogP contribution in [0.1, 0.15) is 221 Å². The number of aromatic hydroxyl groups is 1. The predicted molar refractivity (Wildman–Crippen MR) is 431 cm³/mol. The van der Waals surface area contributed by atoms with Crippen LogP contribution >= 0.6 is 0 Å². The molecule has 19 N–H and O–H groups in total. The van der Waals surface area contributed by atoms with Crippen LogP contribution < -0.4 is 69.1 Å². The molecule has 1 rings (SSSR count). The molecule has 38 heteroatoms.